The van der Waals surface area contributed by atoms with E-state index in [-0.39, 0.29) is 11.7 Å². The minimum absolute atomic E-state index is 0.229. The normalized spacial score (nSPS) is 15.3. The highest BCUT2D eigenvalue weighted by atomic mass is 32.2. The summed E-state index contributed by atoms with van der Waals surface area (Å²) in [5.74, 6) is 1.44. The molecule has 5 nitrogen and oxygen atoms in total. The van der Waals surface area contributed by atoms with Crippen LogP contribution in [-0.4, -0.2) is 50.4 Å². The molecule has 1 atom stereocenters. The van der Waals surface area contributed by atoms with Crippen molar-refractivity contribution in [2.24, 2.45) is 5.73 Å². The van der Waals surface area contributed by atoms with Gasteiger partial charge in [-0.15, -0.1) is 0 Å². The fraction of sp³-hybridized carbons (Fsp3) is 0.909. The van der Waals surface area contributed by atoms with E-state index in [0.717, 1.165) is 18.6 Å². The Morgan fingerprint density at radius 1 is 1.33 bits per heavy atom. The molecule has 0 radical (unpaired) electrons. The standard InChI is InChI=1S/C11H24N2O3S2/c1-11(13-2,10(12)14)6-4-5-7-17-8-9-18(3,15)16/h13H,4-9H2,1-3H3,(H2,12,14). The highest BCUT2D eigenvalue weighted by molar-refractivity contribution is 8.00. The van der Waals surface area contributed by atoms with Crippen LogP contribution in [-0.2, 0) is 14.6 Å². The van der Waals surface area contributed by atoms with E-state index in [1.54, 1.807) is 25.7 Å². The van der Waals surface area contributed by atoms with Crippen LogP contribution in [0.5, 0.6) is 0 Å². The van der Waals surface area contributed by atoms with E-state index in [1.165, 1.54) is 6.26 Å². The van der Waals surface area contributed by atoms with Gasteiger partial charge in [0.2, 0.25) is 5.91 Å². The van der Waals surface area contributed by atoms with Gasteiger partial charge in [0.15, 0.2) is 0 Å². The number of amides is 1. The highest BCUT2D eigenvalue weighted by Crippen LogP contribution is 2.15. The molecule has 0 aliphatic heterocycles. The minimum Gasteiger partial charge on any atom is -0.368 e. The summed E-state index contributed by atoms with van der Waals surface area (Å²) in [5, 5.41) is 2.94. The molecule has 0 aliphatic rings. The minimum atomic E-state index is -2.85. The summed E-state index contributed by atoms with van der Waals surface area (Å²) in [5.41, 5.74) is 4.68. The molecule has 0 bridgehead atoms. The monoisotopic (exact) mass is 296 g/mol. The first-order valence-electron chi connectivity index (χ1n) is 5.95. The maximum Gasteiger partial charge on any atom is 0.237 e. The Bertz CT molecular complexity index is 357. The molecule has 0 aliphatic carbocycles. The van der Waals surface area contributed by atoms with Crippen LogP contribution in [0.25, 0.3) is 0 Å². The Kier molecular flexibility index (Phi) is 7.89. The van der Waals surface area contributed by atoms with E-state index in [9.17, 15) is 13.2 Å². The fourth-order valence-corrected chi connectivity index (χ4v) is 3.66. The van der Waals surface area contributed by atoms with Gasteiger partial charge in [0.1, 0.15) is 9.84 Å². The number of thioether (sulfide) groups is 1. The molecule has 0 spiro atoms. The van der Waals surface area contributed by atoms with Crippen molar-refractivity contribution in [3.63, 3.8) is 0 Å². The van der Waals surface area contributed by atoms with Crippen molar-refractivity contribution in [1.29, 1.82) is 0 Å². The number of primary amides is 1. The van der Waals surface area contributed by atoms with Gasteiger partial charge >= 0.3 is 0 Å². The zero-order valence-electron chi connectivity index (χ0n) is 11.4. The number of hydrogen-bond donors (Lipinski definition) is 2. The lowest BCUT2D eigenvalue weighted by molar-refractivity contribution is -0.123. The van der Waals surface area contributed by atoms with Gasteiger partial charge in [-0.05, 0) is 32.6 Å². The molecule has 0 aromatic carbocycles. The predicted molar refractivity (Wildman–Crippen MR) is 77.5 cm³/mol. The van der Waals surface area contributed by atoms with Crippen LogP contribution in [0.2, 0.25) is 0 Å². The Morgan fingerprint density at radius 2 is 1.94 bits per heavy atom. The highest BCUT2D eigenvalue weighted by Gasteiger charge is 2.27. The Morgan fingerprint density at radius 3 is 2.39 bits per heavy atom. The molecule has 0 heterocycles. The largest absolute Gasteiger partial charge is 0.368 e. The van der Waals surface area contributed by atoms with Gasteiger partial charge in [-0.2, -0.15) is 11.8 Å². The number of likely N-dealkylation sites (N-methyl/N-ethyl adjacent to an activating group) is 1. The second-order valence-corrected chi connectivity index (χ2v) is 8.13. The molecule has 0 aromatic heterocycles. The van der Waals surface area contributed by atoms with Crippen LogP contribution in [0.4, 0.5) is 0 Å². The maximum atomic E-state index is 11.2. The van der Waals surface area contributed by atoms with Crippen molar-refractivity contribution in [3.8, 4) is 0 Å². The van der Waals surface area contributed by atoms with Gasteiger partial charge in [0.05, 0.1) is 11.3 Å². The maximum absolute atomic E-state index is 11.2. The first kappa shape index (κ1) is 17.7. The lowest BCUT2D eigenvalue weighted by Crippen LogP contribution is -2.51. The smallest absolute Gasteiger partial charge is 0.237 e. The van der Waals surface area contributed by atoms with Gasteiger partial charge < -0.3 is 11.1 Å². The fourth-order valence-electron chi connectivity index (χ4n) is 1.37. The molecule has 1 unspecified atom stereocenters. The van der Waals surface area contributed by atoms with Crippen molar-refractivity contribution in [3.05, 3.63) is 0 Å². The van der Waals surface area contributed by atoms with Crippen molar-refractivity contribution < 1.29 is 13.2 Å². The average Bonchev–Trinajstić information content (AvgIpc) is 2.25. The van der Waals surface area contributed by atoms with Crippen molar-refractivity contribution >= 4 is 27.5 Å². The van der Waals surface area contributed by atoms with E-state index in [2.05, 4.69) is 5.32 Å². The zero-order valence-corrected chi connectivity index (χ0v) is 13.0. The Labute approximate surface area is 114 Å². The molecule has 0 aromatic rings. The van der Waals surface area contributed by atoms with E-state index in [4.69, 9.17) is 5.73 Å². The van der Waals surface area contributed by atoms with Crippen LogP contribution in [0.15, 0.2) is 0 Å². The summed E-state index contributed by atoms with van der Waals surface area (Å²) in [6.45, 7) is 1.80. The van der Waals surface area contributed by atoms with Crippen LogP contribution >= 0.6 is 11.8 Å². The second-order valence-electron chi connectivity index (χ2n) is 4.65. The number of nitrogens with two attached hydrogens (primary N) is 1. The van der Waals surface area contributed by atoms with Gasteiger partial charge in [0.25, 0.3) is 0 Å². The first-order chi connectivity index (χ1) is 8.21. The number of carbonyl (C=O) groups excluding carboxylic acids is 1. The number of nitrogens with one attached hydrogen (secondary N) is 1. The van der Waals surface area contributed by atoms with E-state index >= 15 is 0 Å². The van der Waals surface area contributed by atoms with E-state index in [1.807, 2.05) is 0 Å². The molecule has 0 fully saturated rings. The molecular weight excluding hydrogens is 272 g/mol. The Hall–Kier alpha value is -0.270. The first-order valence-corrected chi connectivity index (χ1v) is 9.17. The third-order valence-corrected chi connectivity index (χ3v) is 5.18. The SMILES string of the molecule is CNC(C)(CCCCSCCS(C)(=O)=O)C(N)=O. The van der Waals surface area contributed by atoms with Crippen LogP contribution in [0.3, 0.4) is 0 Å². The average molecular weight is 296 g/mol. The lowest BCUT2D eigenvalue weighted by Gasteiger charge is -2.25. The molecule has 108 valence electrons. The van der Waals surface area contributed by atoms with Crippen LogP contribution < -0.4 is 11.1 Å². The van der Waals surface area contributed by atoms with Gasteiger partial charge in [-0.25, -0.2) is 8.42 Å². The van der Waals surface area contributed by atoms with E-state index in [0.29, 0.717) is 12.2 Å². The number of sulfone groups is 1. The topological polar surface area (TPSA) is 89.3 Å². The summed E-state index contributed by atoms with van der Waals surface area (Å²) in [6, 6.07) is 0. The molecule has 3 N–H and O–H groups in total. The van der Waals surface area contributed by atoms with Gasteiger partial charge in [-0.3, -0.25) is 4.79 Å². The van der Waals surface area contributed by atoms with Crippen LogP contribution in [0, 0.1) is 0 Å². The van der Waals surface area contributed by atoms with E-state index < -0.39 is 15.4 Å². The summed E-state index contributed by atoms with van der Waals surface area (Å²) in [7, 11) is -1.12. The summed E-state index contributed by atoms with van der Waals surface area (Å²) < 4.78 is 21.8. The summed E-state index contributed by atoms with van der Waals surface area (Å²) in [6.07, 6.45) is 3.80. The molecule has 0 saturated carbocycles. The van der Waals surface area contributed by atoms with Gasteiger partial charge in [0, 0.05) is 12.0 Å². The zero-order chi connectivity index (χ0) is 14.2. The molecule has 0 rings (SSSR count). The van der Waals surface area contributed by atoms with Crippen molar-refractivity contribution in [1.82, 2.24) is 5.32 Å². The quantitative estimate of drug-likeness (QED) is 0.570. The molecule has 18 heavy (non-hydrogen) atoms. The third-order valence-electron chi connectivity index (χ3n) is 2.91. The lowest BCUT2D eigenvalue weighted by atomic mass is 9.94. The predicted octanol–water partition coefficient (Wildman–Crippen LogP) is 0.398. The molecular formula is C11H24N2O3S2. The van der Waals surface area contributed by atoms with Gasteiger partial charge in [-0.1, -0.05) is 6.42 Å². The molecule has 7 heteroatoms. The molecule has 1 amide bonds. The van der Waals surface area contributed by atoms with Crippen molar-refractivity contribution in [2.75, 3.05) is 30.6 Å². The van der Waals surface area contributed by atoms with Crippen molar-refractivity contribution in [2.45, 2.75) is 31.7 Å². The number of hydrogen-bond acceptors (Lipinski definition) is 5. The summed E-state index contributed by atoms with van der Waals surface area (Å²) in [4.78, 5) is 11.2. The molecule has 0 saturated heterocycles. The Balaban J connectivity index is 3.65. The second kappa shape index (κ2) is 8.01. The van der Waals surface area contributed by atoms with Crippen LogP contribution in [0.1, 0.15) is 26.2 Å². The number of unbranched alkanes of at least 4 members (excludes halogenated alkanes) is 1. The number of rotatable bonds is 10. The summed E-state index contributed by atoms with van der Waals surface area (Å²) >= 11 is 1.63. The number of carbonyl (C=O) groups is 1. The third kappa shape index (κ3) is 7.94.